The molecule has 0 spiro atoms. The maximum Gasteiger partial charge on any atom is 0.279 e. The Labute approximate surface area is 110 Å². The molecule has 1 aliphatic carbocycles. The van der Waals surface area contributed by atoms with Gasteiger partial charge in [0.1, 0.15) is 0 Å². The molecule has 1 rings (SSSR count). The minimum atomic E-state index is -3.46. The van der Waals surface area contributed by atoms with E-state index in [1.54, 1.807) is 14.2 Å². The normalized spacial score (nSPS) is 19.6. The lowest BCUT2D eigenvalue weighted by Gasteiger charge is -2.26. The van der Waals surface area contributed by atoms with Crippen molar-refractivity contribution in [3.63, 3.8) is 0 Å². The molecule has 1 saturated carbocycles. The van der Waals surface area contributed by atoms with Crippen molar-refractivity contribution >= 4 is 10.2 Å². The molecule has 0 saturated heterocycles. The summed E-state index contributed by atoms with van der Waals surface area (Å²) in [6.07, 6.45) is 4.46. The van der Waals surface area contributed by atoms with Crippen molar-refractivity contribution in [2.24, 2.45) is 11.7 Å². The summed E-state index contributed by atoms with van der Waals surface area (Å²) in [7, 11) is -0.362. The molecular weight excluding hydrogens is 254 g/mol. The van der Waals surface area contributed by atoms with E-state index in [1.807, 2.05) is 0 Å². The maximum absolute atomic E-state index is 12.1. The third-order valence-corrected chi connectivity index (χ3v) is 5.15. The van der Waals surface area contributed by atoms with Gasteiger partial charge in [-0.15, -0.1) is 0 Å². The number of nitrogens with zero attached hydrogens (tertiary/aromatic N) is 1. The highest BCUT2D eigenvalue weighted by Gasteiger charge is 2.29. The van der Waals surface area contributed by atoms with E-state index in [0.717, 1.165) is 12.8 Å². The SMILES string of the molecule is COCCN(C)S(=O)(=O)NC(CN)C1CCCC1. The Morgan fingerprint density at radius 1 is 1.44 bits per heavy atom. The summed E-state index contributed by atoms with van der Waals surface area (Å²) in [6, 6.07) is -0.150. The number of nitrogens with one attached hydrogen (secondary N) is 1. The Morgan fingerprint density at radius 3 is 2.56 bits per heavy atom. The molecule has 108 valence electrons. The van der Waals surface area contributed by atoms with Gasteiger partial charge in [-0.2, -0.15) is 17.4 Å². The van der Waals surface area contributed by atoms with Crippen molar-refractivity contribution in [2.45, 2.75) is 31.7 Å². The molecule has 0 bridgehead atoms. The van der Waals surface area contributed by atoms with Crippen molar-refractivity contribution in [3.05, 3.63) is 0 Å². The Balaban J connectivity index is 2.55. The summed E-state index contributed by atoms with van der Waals surface area (Å²) in [4.78, 5) is 0. The number of hydrogen-bond acceptors (Lipinski definition) is 4. The van der Waals surface area contributed by atoms with E-state index < -0.39 is 10.2 Å². The average molecular weight is 279 g/mol. The summed E-state index contributed by atoms with van der Waals surface area (Å²) < 4.78 is 33.0. The van der Waals surface area contributed by atoms with Gasteiger partial charge >= 0.3 is 0 Å². The first-order chi connectivity index (χ1) is 8.51. The number of methoxy groups -OCH3 is 1. The largest absolute Gasteiger partial charge is 0.383 e. The van der Waals surface area contributed by atoms with Crippen LogP contribution in [0.2, 0.25) is 0 Å². The van der Waals surface area contributed by atoms with Crippen LogP contribution in [0.5, 0.6) is 0 Å². The van der Waals surface area contributed by atoms with Gasteiger partial charge in [0.25, 0.3) is 10.2 Å². The van der Waals surface area contributed by atoms with Crippen LogP contribution in [-0.4, -0.2) is 52.6 Å². The standard InChI is InChI=1S/C11H25N3O3S/c1-14(7-8-17-2)18(15,16)13-11(9-12)10-5-3-4-6-10/h10-11,13H,3-9,12H2,1-2H3. The highest BCUT2D eigenvalue weighted by molar-refractivity contribution is 7.87. The third kappa shape index (κ3) is 4.47. The van der Waals surface area contributed by atoms with Crippen LogP contribution in [0.4, 0.5) is 0 Å². The van der Waals surface area contributed by atoms with Gasteiger partial charge in [-0.1, -0.05) is 12.8 Å². The number of ether oxygens (including phenoxy) is 1. The van der Waals surface area contributed by atoms with Gasteiger partial charge in [-0.05, 0) is 18.8 Å². The molecule has 3 N–H and O–H groups in total. The quantitative estimate of drug-likeness (QED) is 0.650. The lowest BCUT2D eigenvalue weighted by atomic mass is 9.99. The van der Waals surface area contributed by atoms with Gasteiger partial charge in [0.15, 0.2) is 0 Å². The first kappa shape index (κ1) is 15.8. The van der Waals surface area contributed by atoms with E-state index in [2.05, 4.69) is 4.72 Å². The van der Waals surface area contributed by atoms with E-state index >= 15 is 0 Å². The maximum atomic E-state index is 12.1. The summed E-state index contributed by atoms with van der Waals surface area (Å²) in [5.74, 6) is 0.376. The highest BCUT2D eigenvalue weighted by Crippen LogP contribution is 2.27. The summed E-state index contributed by atoms with van der Waals surface area (Å²) >= 11 is 0. The van der Waals surface area contributed by atoms with Gasteiger partial charge < -0.3 is 10.5 Å². The van der Waals surface area contributed by atoms with Crippen molar-refractivity contribution in [2.75, 3.05) is 33.9 Å². The topological polar surface area (TPSA) is 84.7 Å². The molecule has 0 amide bonds. The van der Waals surface area contributed by atoms with E-state index in [4.69, 9.17) is 10.5 Å². The molecule has 18 heavy (non-hydrogen) atoms. The second-order valence-corrected chi connectivity index (χ2v) is 6.63. The van der Waals surface area contributed by atoms with Gasteiger partial charge in [0, 0.05) is 33.3 Å². The fourth-order valence-corrected chi connectivity index (χ4v) is 3.48. The summed E-state index contributed by atoms with van der Waals surface area (Å²) in [6.45, 7) is 1.07. The number of rotatable bonds is 8. The van der Waals surface area contributed by atoms with Crippen LogP contribution in [0.1, 0.15) is 25.7 Å². The van der Waals surface area contributed by atoms with Gasteiger partial charge in [0.2, 0.25) is 0 Å². The molecule has 0 aromatic heterocycles. The molecule has 0 aromatic carbocycles. The molecule has 0 heterocycles. The van der Waals surface area contributed by atoms with E-state index in [9.17, 15) is 8.42 Å². The Kier molecular flexibility index (Phi) is 6.51. The zero-order valence-corrected chi connectivity index (χ0v) is 12.1. The van der Waals surface area contributed by atoms with Crippen LogP contribution in [-0.2, 0) is 14.9 Å². The molecule has 0 aromatic rings. The van der Waals surface area contributed by atoms with Crippen LogP contribution < -0.4 is 10.5 Å². The zero-order valence-electron chi connectivity index (χ0n) is 11.3. The lowest BCUT2D eigenvalue weighted by molar-refractivity contribution is 0.184. The predicted octanol–water partition coefficient (Wildman–Crippen LogP) is -0.0835. The second kappa shape index (κ2) is 7.40. The van der Waals surface area contributed by atoms with E-state index in [-0.39, 0.29) is 6.04 Å². The zero-order chi connectivity index (χ0) is 13.6. The molecule has 1 unspecified atom stereocenters. The van der Waals surface area contributed by atoms with Crippen LogP contribution in [0.3, 0.4) is 0 Å². The van der Waals surface area contributed by atoms with Crippen molar-refractivity contribution in [1.29, 1.82) is 0 Å². The molecule has 0 aliphatic heterocycles. The van der Waals surface area contributed by atoms with Gasteiger partial charge in [-0.25, -0.2) is 0 Å². The Morgan fingerprint density at radius 2 is 2.06 bits per heavy atom. The van der Waals surface area contributed by atoms with Crippen LogP contribution in [0.25, 0.3) is 0 Å². The highest BCUT2D eigenvalue weighted by atomic mass is 32.2. The summed E-state index contributed by atoms with van der Waals surface area (Å²) in [5, 5.41) is 0. The second-order valence-electron chi connectivity index (χ2n) is 4.82. The molecule has 1 fully saturated rings. The number of likely N-dealkylation sites (N-methyl/N-ethyl adjacent to an activating group) is 1. The average Bonchev–Trinajstić information content (AvgIpc) is 2.86. The minimum absolute atomic E-state index is 0.150. The molecule has 6 nitrogen and oxygen atoms in total. The third-order valence-electron chi connectivity index (χ3n) is 3.54. The van der Waals surface area contributed by atoms with Crippen LogP contribution in [0, 0.1) is 5.92 Å². The molecular formula is C11H25N3O3S. The van der Waals surface area contributed by atoms with Crippen LogP contribution in [0.15, 0.2) is 0 Å². The van der Waals surface area contributed by atoms with Gasteiger partial charge in [0.05, 0.1) is 6.61 Å². The van der Waals surface area contributed by atoms with Crippen molar-refractivity contribution < 1.29 is 13.2 Å². The predicted molar refractivity (Wildman–Crippen MR) is 71.4 cm³/mol. The fourth-order valence-electron chi connectivity index (χ4n) is 2.32. The molecule has 1 atom stereocenters. The summed E-state index contributed by atoms with van der Waals surface area (Å²) in [5.41, 5.74) is 5.69. The fraction of sp³-hybridized carbons (Fsp3) is 1.00. The smallest absolute Gasteiger partial charge is 0.279 e. The Bertz CT molecular complexity index is 328. The Hall–Kier alpha value is -0.210. The molecule has 0 radical (unpaired) electrons. The van der Waals surface area contributed by atoms with E-state index in [1.165, 1.54) is 17.1 Å². The molecule has 7 heteroatoms. The minimum Gasteiger partial charge on any atom is -0.383 e. The molecule has 1 aliphatic rings. The van der Waals surface area contributed by atoms with Crippen molar-refractivity contribution in [3.8, 4) is 0 Å². The monoisotopic (exact) mass is 279 g/mol. The van der Waals surface area contributed by atoms with Gasteiger partial charge in [-0.3, -0.25) is 0 Å². The first-order valence-corrected chi connectivity index (χ1v) is 7.88. The van der Waals surface area contributed by atoms with Crippen LogP contribution >= 0.6 is 0 Å². The number of nitrogens with two attached hydrogens (primary N) is 1. The number of hydrogen-bond donors (Lipinski definition) is 2. The lowest BCUT2D eigenvalue weighted by Crippen LogP contribution is -2.50. The van der Waals surface area contributed by atoms with Crippen molar-refractivity contribution in [1.82, 2.24) is 9.03 Å². The first-order valence-electron chi connectivity index (χ1n) is 6.44. The van der Waals surface area contributed by atoms with E-state index in [0.29, 0.717) is 25.6 Å².